The van der Waals surface area contributed by atoms with Crippen LogP contribution in [0.5, 0.6) is 5.75 Å². The first-order valence-corrected chi connectivity index (χ1v) is 6.46. The number of phenolic OH excluding ortho intramolecular Hbond substituents is 1. The van der Waals surface area contributed by atoms with E-state index in [9.17, 15) is 15.2 Å². The summed E-state index contributed by atoms with van der Waals surface area (Å²) in [7, 11) is 0. The van der Waals surface area contributed by atoms with Gasteiger partial charge in [0.1, 0.15) is 11.8 Å². The number of carboxylic acid groups (broad SMARTS) is 1. The van der Waals surface area contributed by atoms with Crippen molar-refractivity contribution >= 4 is 16.9 Å². The van der Waals surface area contributed by atoms with Crippen LogP contribution in [0.4, 0.5) is 0 Å². The molecule has 2 aromatic carbocycles. The fraction of sp³-hybridized carbons (Fsp3) is 0. The monoisotopic (exact) mass is 290 g/mol. The molecule has 0 bridgehead atoms. The summed E-state index contributed by atoms with van der Waals surface area (Å²) in [6, 6.07) is 14.7. The van der Waals surface area contributed by atoms with Gasteiger partial charge in [-0.25, -0.2) is 9.78 Å². The Bertz CT molecular complexity index is 925. The summed E-state index contributed by atoms with van der Waals surface area (Å²) in [4.78, 5) is 15.3. The van der Waals surface area contributed by atoms with E-state index < -0.39 is 5.97 Å². The number of nitrogens with zero attached hydrogens (tertiary/aromatic N) is 2. The van der Waals surface area contributed by atoms with Gasteiger partial charge in [0.25, 0.3) is 0 Å². The molecule has 0 amide bonds. The van der Waals surface area contributed by atoms with E-state index in [2.05, 4.69) is 11.1 Å². The smallest absolute Gasteiger partial charge is 0.335 e. The number of aromatic carboxylic acids is 1. The number of pyridine rings is 1. The number of hydrogen-bond acceptors (Lipinski definition) is 4. The third-order valence-corrected chi connectivity index (χ3v) is 3.32. The van der Waals surface area contributed by atoms with Crippen LogP contribution in [0.15, 0.2) is 48.5 Å². The second kappa shape index (κ2) is 5.19. The second-order valence-electron chi connectivity index (χ2n) is 4.76. The largest absolute Gasteiger partial charge is 0.508 e. The first kappa shape index (κ1) is 13.6. The normalized spacial score (nSPS) is 10.3. The molecule has 5 heteroatoms. The van der Waals surface area contributed by atoms with E-state index in [0.717, 1.165) is 0 Å². The van der Waals surface area contributed by atoms with Gasteiger partial charge in [0.2, 0.25) is 0 Å². The number of rotatable bonds is 2. The molecule has 106 valence electrons. The minimum atomic E-state index is -1.01. The number of fused-ring (bicyclic) bond motifs is 1. The van der Waals surface area contributed by atoms with E-state index in [1.54, 1.807) is 30.3 Å². The van der Waals surface area contributed by atoms with Crippen LogP contribution in [0, 0.1) is 11.3 Å². The number of carbonyl (C=O) groups is 1. The first-order valence-electron chi connectivity index (χ1n) is 6.46. The van der Waals surface area contributed by atoms with E-state index in [4.69, 9.17) is 5.11 Å². The fourth-order valence-electron chi connectivity index (χ4n) is 2.24. The van der Waals surface area contributed by atoms with Crippen molar-refractivity contribution in [3.63, 3.8) is 0 Å². The molecule has 0 fully saturated rings. The molecule has 0 unspecified atom stereocenters. The average Bonchev–Trinajstić information content (AvgIpc) is 2.53. The summed E-state index contributed by atoms with van der Waals surface area (Å²) in [5.41, 5.74) is 2.33. The van der Waals surface area contributed by atoms with E-state index >= 15 is 0 Å². The van der Waals surface area contributed by atoms with Crippen molar-refractivity contribution in [2.24, 2.45) is 0 Å². The molecule has 3 aromatic rings. The van der Waals surface area contributed by atoms with Crippen molar-refractivity contribution in [2.45, 2.75) is 0 Å². The van der Waals surface area contributed by atoms with Gasteiger partial charge in [-0.2, -0.15) is 5.26 Å². The molecular formula is C17H10N2O3. The van der Waals surface area contributed by atoms with E-state index in [-0.39, 0.29) is 11.3 Å². The topological polar surface area (TPSA) is 94.2 Å². The Morgan fingerprint density at radius 3 is 2.45 bits per heavy atom. The Kier molecular flexibility index (Phi) is 3.20. The summed E-state index contributed by atoms with van der Waals surface area (Å²) in [6.07, 6.45) is 0. The van der Waals surface area contributed by atoms with Crippen LogP contribution >= 0.6 is 0 Å². The maximum absolute atomic E-state index is 10.9. The number of hydrogen-bond donors (Lipinski definition) is 2. The quantitative estimate of drug-likeness (QED) is 0.756. The molecule has 0 aliphatic rings. The van der Waals surface area contributed by atoms with Gasteiger partial charge in [0.05, 0.1) is 22.3 Å². The highest BCUT2D eigenvalue weighted by molar-refractivity contribution is 5.89. The van der Waals surface area contributed by atoms with Gasteiger partial charge in [0.15, 0.2) is 0 Å². The number of benzene rings is 2. The molecule has 0 saturated heterocycles. The maximum atomic E-state index is 10.9. The zero-order valence-electron chi connectivity index (χ0n) is 11.3. The van der Waals surface area contributed by atoms with Crippen LogP contribution in [-0.2, 0) is 0 Å². The standard InChI is InChI=1S/C17H10N2O3/c18-9-13-7-12-8-14(20)5-6-15(12)19-16(13)10-1-3-11(4-2-10)17(21)22/h1-8,20H,(H,21,22). The van der Waals surface area contributed by atoms with Crippen LogP contribution in [-0.4, -0.2) is 21.2 Å². The Morgan fingerprint density at radius 1 is 1.09 bits per heavy atom. The lowest BCUT2D eigenvalue weighted by atomic mass is 10.0. The molecule has 22 heavy (non-hydrogen) atoms. The molecular weight excluding hydrogens is 280 g/mol. The fourth-order valence-corrected chi connectivity index (χ4v) is 2.24. The SMILES string of the molecule is N#Cc1cc2cc(O)ccc2nc1-c1ccc(C(=O)O)cc1. The zero-order valence-corrected chi connectivity index (χ0v) is 11.3. The van der Waals surface area contributed by atoms with Crippen LogP contribution in [0.2, 0.25) is 0 Å². The number of aromatic hydroxyl groups is 1. The highest BCUT2D eigenvalue weighted by Gasteiger charge is 2.11. The highest BCUT2D eigenvalue weighted by atomic mass is 16.4. The minimum Gasteiger partial charge on any atom is -0.508 e. The predicted octanol–water partition coefficient (Wildman–Crippen LogP) is 3.18. The van der Waals surface area contributed by atoms with Gasteiger partial charge in [-0.15, -0.1) is 0 Å². The summed E-state index contributed by atoms with van der Waals surface area (Å²) in [5.74, 6) is -0.897. The van der Waals surface area contributed by atoms with Crippen molar-refractivity contribution in [2.75, 3.05) is 0 Å². The summed E-state index contributed by atoms with van der Waals surface area (Å²) < 4.78 is 0. The number of carboxylic acids is 1. The molecule has 0 radical (unpaired) electrons. The molecule has 1 heterocycles. The Morgan fingerprint density at radius 2 is 1.82 bits per heavy atom. The van der Waals surface area contributed by atoms with Crippen LogP contribution in [0.3, 0.4) is 0 Å². The third kappa shape index (κ3) is 2.34. The molecule has 1 aromatic heterocycles. The van der Waals surface area contributed by atoms with E-state index in [0.29, 0.717) is 27.7 Å². The lowest BCUT2D eigenvalue weighted by Gasteiger charge is -2.07. The van der Waals surface area contributed by atoms with Crippen molar-refractivity contribution in [3.05, 3.63) is 59.7 Å². The van der Waals surface area contributed by atoms with E-state index in [1.807, 2.05) is 0 Å². The molecule has 0 aliphatic carbocycles. The minimum absolute atomic E-state index is 0.108. The van der Waals surface area contributed by atoms with Gasteiger partial charge in [0, 0.05) is 10.9 Å². The van der Waals surface area contributed by atoms with Gasteiger partial charge < -0.3 is 10.2 Å². The van der Waals surface area contributed by atoms with Gasteiger partial charge in [-0.05, 0) is 36.4 Å². The van der Waals surface area contributed by atoms with Gasteiger partial charge in [-0.3, -0.25) is 0 Å². The van der Waals surface area contributed by atoms with Crippen molar-refractivity contribution < 1.29 is 15.0 Å². The highest BCUT2D eigenvalue weighted by Crippen LogP contribution is 2.27. The summed E-state index contributed by atoms with van der Waals surface area (Å²) in [5, 5.41) is 28.4. The van der Waals surface area contributed by atoms with Crippen LogP contribution < -0.4 is 0 Å². The Labute approximate surface area is 125 Å². The first-order chi connectivity index (χ1) is 10.6. The average molecular weight is 290 g/mol. The van der Waals surface area contributed by atoms with Gasteiger partial charge in [-0.1, -0.05) is 12.1 Å². The molecule has 5 nitrogen and oxygen atoms in total. The second-order valence-corrected chi connectivity index (χ2v) is 4.76. The Hall–Kier alpha value is -3.39. The van der Waals surface area contributed by atoms with Crippen molar-refractivity contribution in [3.8, 4) is 23.1 Å². The van der Waals surface area contributed by atoms with Crippen molar-refractivity contribution in [1.29, 1.82) is 5.26 Å². The summed E-state index contributed by atoms with van der Waals surface area (Å²) >= 11 is 0. The molecule has 0 atom stereocenters. The predicted molar refractivity (Wildman–Crippen MR) is 80.5 cm³/mol. The maximum Gasteiger partial charge on any atom is 0.335 e. The molecule has 0 saturated carbocycles. The molecule has 0 spiro atoms. The molecule has 0 aliphatic heterocycles. The number of phenols is 1. The van der Waals surface area contributed by atoms with Crippen LogP contribution in [0.1, 0.15) is 15.9 Å². The van der Waals surface area contributed by atoms with E-state index in [1.165, 1.54) is 18.2 Å². The van der Waals surface area contributed by atoms with Crippen LogP contribution in [0.25, 0.3) is 22.2 Å². The van der Waals surface area contributed by atoms with Gasteiger partial charge >= 0.3 is 5.97 Å². The summed E-state index contributed by atoms with van der Waals surface area (Å²) in [6.45, 7) is 0. The molecule has 3 rings (SSSR count). The number of aromatic nitrogens is 1. The Balaban J connectivity index is 2.19. The zero-order chi connectivity index (χ0) is 15.7. The lowest BCUT2D eigenvalue weighted by molar-refractivity contribution is 0.0697. The third-order valence-electron chi connectivity index (χ3n) is 3.32. The molecule has 2 N–H and O–H groups in total. The lowest BCUT2D eigenvalue weighted by Crippen LogP contribution is -1.96. The number of nitriles is 1. The van der Waals surface area contributed by atoms with Crippen molar-refractivity contribution in [1.82, 2.24) is 4.98 Å².